The average molecular weight is 979 g/mol. The van der Waals surface area contributed by atoms with Gasteiger partial charge in [0.1, 0.15) is 29.6 Å². The summed E-state index contributed by atoms with van der Waals surface area (Å²) in [7, 11) is -4.72. The molecule has 18 heteroatoms. The molecule has 10 rings (SSSR count). The van der Waals surface area contributed by atoms with Gasteiger partial charge in [-0.1, -0.05) is 45.0 Å². The highest BCUT2D eigenvalue weighted by atomic mass is 32.2. The number of aromatic nitrogens is 2. The minimum Gasteiger partial charge on any atom is -0.489 e. The second-order valence-electron chi connectivity index (χ2n) is 20.9. The smallest absolute Gasteiger partial charge is 0.297 e. The SMILES string of the molecule is CCN1CC[C@@H](N2CC3(CCN(c4ccc(C(=O)NS(=O)(=O)c5cc6c(c([N+](=O)[O-])c5)N[C@@H]([C@H]5CC[C@](C)(O)CC5)CO6)c(Oc5cnc6[nH]cc(F)c6c5)c4)CC3)C2)[C@@H](c2ccccc2C(C)C)C1. The standard InChI is InChI=1S/C52H63FN8O8S/c1-5-58-19-14-44(41(28-58)38-9-7-6-8-37(38)32(2)3)60-30-52(31-60)17-20-59(21-18-52)34-10-11-39(46(22-34)69-35-23-40-42(53)27-55-49(40)54-26-35)50(62)57-70(66,67)36-24-45(61(64)65)48-47(25-36)68-29-43(56-48)33-12-15-51(4,63)16-13-33/h6-11,22-27,32-33,41,43-44,56,63H,5,12-21,28-31H2,1-4H3,(H,54,55)(H,57,62)/t33-,41-,43-,44-,51-/m1/s1. The van der Waals surface area contributed by atoms with Crippen LogP contribution in [-0.2, 0) is 10.0 Å². The summed E-state index contributed by atoms with van der Waals surface area (Å²) in [4.78, 5) is 39.9. The van der Waals surface area contributed by atoms with Crippen molar-refractivity contribution in [1.82, 2.24) is 24.5 Å². The molecule has 0 unspecified atom stereocenters. The van der Waals surface area contributed by atoms with E-state index in [2.05, 4.69) is 79.7 Å². The number of nitro benzene ring substituents is 1. The molecule has 1 spiro atoms. The second kappa shape index (κ2) is 18.7. The number of sulfonamides is 1. The molecule has 3 atom stereocenters. The number of pyridine rings is 1. The molecule has 0 radical (unpaired) electrons. The van der Waals surface area contributed by atoms with Gasteiger partial charge in [-0.25, -0.2) is 22.5 Å². The van der Waals surface area contributed by atoms with E-state index in [0.29, 0.717) is 49.2 Å². The van der Waals surface area contributed by atoms with E-state index in [1.54, 1.807) is 19.1 Å². The summed E-state index contributed by atoms with van der Waals surface area (Å²) in [5, 5.41) is 26.3. The van der Waals surface area contributed by atoms with Gasteiger partial charge < -0.3 is 34.7 Å². The maximum absolute atomic E-state index is 14.7. The Morgan fingerprint density at radius 3 is 2.54 bits per heavy atom. The fourth-order valence-corrected chi connectivity index (χ4v) is 12.8. The lowest BCUT2D eigenvalue weighted by molar-refractivity contribution is -0.384. The van der Waals surface area contributed by atoms with Crippen molar-refractivity contribution in [3.63, 3.8) is 0 Å². The van der Waals surface area contributed by atoms with Crippen LogP contribution in [-0.4, -0.2) is 114 Å². The highest BCUT2D eigenvalue weighted by molar-refractivity contribution is 7.90. The van der Waals surface area contributed by atoms with E-state index in [1.165, 1.54) is 41.7 Å². The number of hydrogen-bond acceptors (Lipinski definition) is 13. The van der Waals surface area contributed by atoms with Gasteiger partial charge in [0, 0.05) is 74.8 Å². The van der Waals surface area contributed by atoms with E-state index in [1.807, 2.05) is 0 Å². The molecule has 5 aromatic rings. The quantitative estimate of drug-likeness (QED) is 0.0687. The number of rotatable bonds is 12. The zero-order valence-corrected chi connectivity index (χ0v) is 41.1. The van der Waals surface area contributed by atoms with Gasteiger partial charge in [-0.15, -0.1) is 0 Å². The molecule has 6 heterocycles. The molecular formula is C52H63FN8O8S. The van der Waals surface area contributed by atoms with Gasteiger partial charge in [-0.3, -0.25) is 19.8 Å². The van der Waals surface area contributed by atoms with E-state index in [4.69, 9.17) is 9.47 Å². The molecule has 4 N–H and O–H groups in total. The number of anilines is 2. The first-order valence-corrected chi connectivity index (χ1v) is 26.2. The number of aromatic amines is 1. The van der Waals surface area contributed by atoms with Crippen LogP contribution >= 0.6 is 0 Å². The highest BCUT2D eigenvalue weighted by Gasteiger charge is 2.49. The van der Waals surface area contributed by atoms with Crippen molar-refractivity contribution in [2.45, 2.75) is 107 Å². The third-order valence-corrected chi connectivity index (χ3v) is 17.3. The third kappa shape index (κ3) is 9.42. The minimum atomic E-state index is -4.72. The number of fused-ring (bicyclic) bond motifs is 2. The number of benzene rings is 3. The van der Waals surface area contributed by atoms with Gasteiger partial charge in [0.05, 0.1) is 38.6 Å². The van der Waals surface area contributed by atoms with E-state index in [9.17, 15) is 32.8 Å². The average Bonchev–Trinajstić information content (AvgIpc) is 3.71. The van der Waals surface area contributed by atoms with Crippen molar-refractivity contribution < 1.29 is 37.1 Å². The zero-order chi connectivity index (χ0) is 49.1. The summed E-state index contributed by atoms with van der Waals surface area (Å²) in [6.45, 7) is 15.6. The van der Waals surface area contributed by atoms with Crippen LogP contribution in [0.3, 0.4) is 0 Å². The van der Waals surface area contributed by atoms with Gasteiger partial charge >= 0.3 is 0 Å². The van der Waals surface area contributed by atoms with Crippen molar-refractivity contribution in [2.75, 3.05) is 62.6 Å². The first kappa shape index (κ1) is 47.8. The van der Waals surface area contributed by atoms with Crippen LogP contribution in [0.5, 0.6) is 17.2 Å². The predicted molar refractivity (Wildman–Crippen MR) is 265 cm³/mol. The monoisotopic (exact) mass is 978 g/mol. The molecule has 1 aliphatic carbocycles. The van der Waals surface area contributed by atoms with Crippen molar-refractivity contribution in [3.8, 4) is 17.2 Å². The van der Waals surface area contributed by atoms with Crippen LogP contribution in [0.1, 0.15) is 106 Å². The summed E-state index contributed by atoms with van der Waals surface area (Å²) in [5.74, 6) is -0.481. The Kier molecular flexibility index (Phi) is 12.8. The molecule has 16 nitrogen and oxygen atoms in total. The molecule has 3 aromatic carbocycles. The van der Waals surface area contributed by atoms with Crippen molar-refractivity contribution >= 4 is 44.0 Å². The summed E-state index contributed by atoms with van der Waals surface area (Å²) >= 11 is 0. The number of halogens is 1. The Hall–Kier alpha value is -5.82. The van der Waals surface area contributed by atoms with Crippen LogP contribution in [0, 0.1) is 27.3 Å². The fraction of sp³-hybridized carbons (Fsp3) is 0.500. The number of amides is 1. The van der Waals surface area contributed by atoms with Crippen LogP contribution in [0.2, 0.25) is 0 Å². The number of ether oxygens (including phenoxy) is 2. The van der Waals surface area contributed by atoms with Crippen LogP contribution in [0.4, 0.5) is 21.5 Å². The number of likely N-dealkylation sites (N-methyl/N-ethyl adjacent to an activating group) is 1. The zero-order valence-electron chi connectivity index (χ0n) is 40.2. The molecule has 1 amide bonds. The number of nitrogens with zero attached hydrogens (tertiary/aromatic N) is 5. The number of likely N-dealkylation sites (tertiary alicyclic amines) is 2. The maximum atomic E-state index is 14.7. The lowest BCUT2D eigenvalue weighted by Crippen LogP contribution is -2.65. The molecule has 4 fully saturated rings. The van der Waals surface area contributed by atoms with E-state index in [-0.39, 0.29) is 57.9 Å². The number of carbonyl (C=O) groups excluding carboxylic acids is 1. The highest BCUT2D eigenvalue weighted by Crippen LogP contribution is 2.48. The number of aliphatic hydroxyl groups is 1. The normalized spacial score (nSPS) is 24.9. The Labute approximate surface area is 408 Å². The largest absolute Gasteiger partial charge is 0.489 e. The summed E-state index contributed by atoms with van der Waals surface area (Å²) in [5.41, 5.74) is 2.84. The van der Waals surface area contributed by atoms with Gasteiger partial charge in [0.2, 0.25) is 0 Å². The van der Waals surface area contributed by atoms with Gasteiger partial charge in [0.15, 0.2) is 11.4 Å². The topological polar surface area (TPSA) is 195 Å². The van der Waals surface area contributed by atoms with Gasteiger partial charge in [-0.05, 0) is 112 Å². The number of carbonyl (C=O) groups is 1. The number of H-pyrrole nitrogens is 1. The molecule has 70 heavy (non-hydrogen) atoms. The van der Waals surface area contributed by atoms with Crippen LogP contribution < -0.4 is 24.4 Å². The Bertz CT molecular complexity index is 2900. The summed E-state index contributed by atoms with van der Waals surface area (Å²) < 4.78 is 57.1. The number of nitrogens with one attached hydrogen (secondary N) is 3. The van der Waals surface area contributed by atoms with Crippen molar-refractivity contribution in [2.24, 2.45) is 11.3 Å². The predicted octanol–water partition coefficient (Wildman–Crippen LogP) is 8.54. The van der Waals surface area contributed by atoms with Crippen LogP contribution in [0.15, 0.2) is 78.0 Å². The Morgan fingerprint density at radius 1 is 1.06 bits per heavy atom. The first-order chi connectivity index (χ1) is 33.5. The minimum absolute atomic E-state index is 0.0164. The number of piperidine rings is 2. The number of hydrogen-bond donors (Lipinski definition) is 4. The Balaban J connectivity index is 0.864. The maximum Gasteiger partial charge on any atom is 0.297 e. The molecular weight excluding hydrogens is 916 g/mol. The molecule has 0 bridgehead atoms. The van der Waals surface area contributed by atoms with Crippen molar-refractivity contribution in [3.05, 3.63) is 106 Å². The van der Waals surface area contributed by atoms with Gasteiger partial charge in [0.25, 0.3) is 21.6 Å². The molecule has 2 aromatic heterocycles. The molecule has 372 valence electrons. The van der Waals surface area contributed by atoms with E-state index in [0.717, 1.165) is 76.8 Å². The lowest BCUT2D eigenvalue weighted by atomic mass is 9.69. The fourth-order valence-electron chi connectivity index (χ4n) is 11.8. The van der Waals surface area contributed by atoms with Crippen LogP contribution in [0.25, 0.3) is 11.0 Å². The number of nitro groups is 1. The van der Waals surface area contributed by atoms with E-state index < -0.39 is 42.9 Å². The summed E-state index contributed by atoms with van der Waals surface area (Å²) in [6.07, 6.45) is 8.23. The summed E-state index contributed by atoms with van der Waals surface area (Å²) in [6, 6.07) is 17.7. The lowest BCUT2D eigenvalue weighted by Gasteiger charge is -2.59. The van der Waals surface area contributed by atoms with Gasteiger partial charge in [-0.2, -0.15) is 0 Å². The third-order valence-electron chi connectivity index (χ3n) is 16.0. The molecule has 3 saturated heterocycles. The van der Waals surface area contributed by atoms with E-state index >= 15 is 0 Å². The van der Waals surface area contributed by atoms with Crippen molar-refractivity contribution in [1.29, 1.82) is 0 Å². The molecule has 1 saturated carbocycles. The molecule has 4 aliphatic heterocycles. The Morgan fingerprint density at radius 2 is 1.81 bits per heavy atom. The first-order valence-electron chi connectivity index (χ1n) is 24.7. The second-order valence-corrected chi connectivity index (χ2v) is 22.6. The molecule has 5 aliphatic rings.